The first-order chi connectivity index (χ1) is 13.0. The number of nitrogens with one attached hydrogen (secondary N) is 1. The fourth-order valence-electron chi connectivity index (χ4n) is 4.12. The Labute approximate surface area is 157 Å². The second-order valence-electron chi connectivity index (χ2n) is 7.48. The first-order valence-corrected chi connectivity index (χ1v) is 9.13. The third-order valence-corrected chi connectivity index (χ3v) is 5.49. The van der Waals surface area contributed by atoms with Crippen molar-refractivity contribution in [2.45, 2.75) is 31.8 Å². The van der Waals surface area contributed by atoms with Crippen molar-refractivity contribution in [1.82, 2.24) is 15.3 Å². The van der Waals surface area contributed by atoms with Crippen LogP contribution in [0.5, 0.6) is 0 Å². The molecule has 27 heavy (non-hydrogen) atoms. The molecule has 0 saturated carbocycles. The normalized spacial score (nSPS) is 22.4. The number of hydrogen-bond acceptors (Lipinski definition) is 3. The van der Waals surface area contributed by atoms with Gasteiger partial charge in [0.1, 0.15) is 5.82 Å². The minimum Gasteiger partial charge on any atom is -0.297 e. The first kappa shape index (κ1) is 17.7. The Morgan fingerprint density at radius 2 is 2.00 bits per heavy atom. The monoisotopic (exact) mass is 367 g/mol. The maximum Gasteiger partial charge on any atom is 0.273 e. The molecule has 0 aromatic heterocycles. The summed E-state index contributed by atoms with van der Waals surface area (Å²) in [6.45, 7) is 3.96. The van der Waals surface area contributed by atoms with E-state index in [0.717, 1.165) is 13.1 Å². The van der Waals surface area contributed by atoms with Gasteiger partial charge in [-0.3, -0.25) is 19.9 Å². The maximum absolute atomic E-state index is 13.7. The lowest BCUT2D eigenvalue weighted by molar-refractivity contribution is -0.120. The van der Waals surface area contributed by atoms with E-state index in [0.29, 0.717) is 18.5 Å². The zero-order valence-corrected chi connectivity index (χ0v) is 15.2. The van der Waals surface area contributed by atoms with E-state index < -0.39 is 11.4 Å². The van der Waals surface area contributed by atoms with Crippen LogP contribution in [0.3, 0.4) is 0 Å². The molecule has 2 aromatic rings. The molecule has 2 heterocycles. The SMILES string of the molecule is Cc1ccc(F)cc1C(=O)N1NC(=O)CC12CCN(Cc1ccccc1)C2. The molecule has 2 amide bonds. The van der Waals surface area contributed by atoms with Gasteiger partial charge in [0, 0.05) is 25.2 Å². The zero-order valence-electron chi connectivity index (χ0n) is 15.2. The summed E-state index contributed by atoms with van der Waals surface area (Å²) in [7, 11) is 0. The van der Waals surface area contributed by atoms with Crippen molar-refractivity contribution in [3.63, 3.8) is 0 Å². The minimum absolute atomic E-state index is 0.168. The van der Waals surface area contributed by atoms with Gasteiger partial charge in [-0.25, -0.2) is 9.40 Å². The number of halogens is 1. The summed E-state index contributed by atoms with van der Waals surface area (Å²) in [4.78, 5) is 27.5. The summed E-state index contributed by atoms with van der Waals surface area (Å²) in [5.74, 6) is -0.973. The highest BCUT2D eigenvalue weighted by molar-refractivity contribution is 5.99. The van der Waals surface area contributed by atoms with Gasteiger partial charge < -0.3 is 0 Å². The molecule has 0 bridgehead atoms. The average Bonchev–Trinajstić information content (AvgIpc) is 3.20. The molecule has 0 aliphatic carbocycles. The molecule has 2 aliphatic rings. The van der Waals surface area contributed by atoms with Gasteiger partial charge in [0.05, 0.1) is 12.0 Å². The summed E-state index contributed by atoms with van der Waals surface area (Å²) < 4.78 is 13.7. The maximum atomic E-state index is 13.7. The van der Waals surface area contributed by atoms with Crippen LogP contribution < -0.4 is 5.43 Å². The molecule has 6 heteroatoms. The number of benzene rings is 2. The molecule has 1 unspecified atom stereocenters. The fourth-order valence-corrected chi connectivity index (χ4v) is 4.12. The van der Waals surface area contributed by atoms with Gasteiger partial charge in [-0.15, -0.1) is 0 Å². The molecule has 140 valence electrons. The highest BCUT2D eigenvalue weighted by Crippen LogP contribution is 2.36. The molecule has 0 radical (unpaired) electrons. The van der Waals surface area contributed by atoms with Crippen LogP contribution in [0.15, 0.2) is 48.5 Å². The van der Waals surface area contributed by atoms with E-state index in [1.165, 1.54) is 22.7 Å². The summed E-state index contributed by atoms with van der Waals surface area (Å²) in [5.41, 5.74) is 4.31. The third kappa shape index (κ3) is 3.32. The van der Waals surface area contributed by atoms with Crippen molar-refractivity contribution in [3.05, 3.63) is 71.0 Å². The van der Waals surface area contributed by atoms with Gasteiger partial charge in [0.2, 0.25) is 5.91 Å². The van der Waals surface area contributed by atoms with Crippen LogP contribution >= 0.6 is 0 Å². The number of amides is 2. The lowest BCUT2D eigenvalue weighted by Crippen LogP contribution is -2.53. The Bertz CT molecular complexity index is 886. The topological polar surface area (TPSA) is 52.7 Å². The smallest absolute Gasteiger partial charge is 0.273 e. The number of aryl methyl sites for hydroxylation is 1. The predicted octanol–water partition coefficient (Wildman–Crippen LogP) is 2.66. The van der Waals surface area contributed by atoms with Gasteiger partial charge in [0.25, 0.3) is 5.91 Å². The molecule has 2 aliphatic heterocycles. The highest BCUT2D eigenvalue weighted by Gasteiger charge is 2.52. The molecular weight excluding hydrogens is 345 g/mol. The van der Waals surface area contributed by atoms with Gasteiger partial charge >= 0.3 is 0 Å². The second-order valence-corrected chi connectivity index (χ2v) is 7.48. The van der Waals surface area contributed by atoms with Gasteiger partial charge in [-0.2, -0.15) is 0 Å². The third-order valence-electron chi connectivity index (χ3n) is 5.49. The van der Waals surface area contributed by atoms with Crippen molar-refractivity contribution >= 4 is 11.8 Å². The van der Waals surface area contributed by atoms with Crippen molar-refractivity contribution in [1.29, 1.82) is 0 Å². The number of likely N-dealkylation sites (tertiary alicyclic amines) is 1. The average molecular weight is 367 g/mol. The molecule has 5 nitrogen and oxygen atoms in total. The lowest BCUT2D eigenvalue weighted by atomic mass is 9.94. The van der Waals surface area contributed by atoms with E-state index in [1.54, 1.807) is 13.0 Å². The van der Waals surface area contributed by atoms with E-state index in [2.05, 4.69) is 22.5 Å². The molecule has 2 aromatic carbocycles. The lowest BCUT2D eigenvalue weighted by Gasteiger charge is -2.33. The molecule has 2 saturated heterocycles. The van der Waals surface area contributed by atoms with Crippen molar-refractivity contribution < 1.29 is 14.0 Å². The number of hydrogen-bond donors (Lipinski definition) is 1. The Hall–Kier alpha value is -2.73. The fraction of sp³-hybridized carbons (Fsp3) is 0.333. The first-order valence-electron chi connectivity index (χ1n) is 9.13. The quantitative estimate of drug-likeness (QED) is 0.907. The number of hydrazine groups is 1. The van der Waals surface area contributed by atoms with Crippen molar-refractivity contribution in [3.8, 4) is 0 Å². The largest absolute Gasteiger partial charge is 0.297 e. The van der Waals surface area contributed by atoms with Crippen LogP contribution in [0.4, 0.5) is 4.39 Å². The van der Waals surface area contributed by atoms with Crippen LogP contribution in [0, 0.1) is 12.7 Å². The molecule has 1 spiro atoms. The Morgan fingerprint density at radius 3 is 2.78 bits per heavy atom. The molecule has 1 N–H and O–H groups in total. The summed E-state index contributed by atoms with van der Waals surface area (Å²) >= 11 is 0. The number of nitrogens with zero attached hydrogens (tertiary/aromatic N) is 2. The van der Waals surface area contributed by atoms with Crippen LogP contribution in [0.1, 0.15) is 34.3 Å². The number of carbonyl (C=O) groups excluding carboxylic acids is 2. The second kappa shape index (κ2) is 6.78. The summed E-state index contributed by atoms with van der Waals surface area (Å²) in [5, 5.41) is 1.45. The number of carbonyl (C=O) groups is 2. The predicted molar refractivity (Wildman–Crippen MR) is 99.1 cm³/mol. The molecule has 2 fully saturated rings. The van der Waals surface area contributed by atoms with E-state index in [9.17, 15) is 14.0 Å². The number of rotatable bonds is 3. The van der Waals surface area contributed by atoms with E-state index >= 15 is 0 Å². The Morgan fingerprint density at radius 1 is 1.22 bits per heavy atom. The van der Waals surface area contributed by atoms with Gasteiger partial charge in [-0.05, 0) is 36.6 Å². The van der Waals surface area contributed by atoms with Crippen molar-refractivity contribution in [2.75, 3.05) is 13.1 Å². The highest BCUT2D eigenvalue weighted by atomic mass is 19.1. The Kier molecular flexibility index (Phi) is 4.44. The molecular formula is C21H22FN3O2. The summed E-state index contributed by atoms with van der Waals surface area (Å²) in [6, 6.07) is 14.3. The van der Waals surface area contributed by atoms with Crippen LogP contribution in [-0.4, -0.2) is 40.4 Å². The van der Waals surface area contributed by atoms with Gasteiger partial charge in [0.15, 0.2) is 0 Å². The van der Waals surface area contributed by atoms with Crippen molar-refractivity contribution in [2.24, 2.45) is 0 Å². The van der Waals surface area contributed by atoms with Crippen LogP contribution in [0.25, 0.3) is 0 Å². The summed E-state index contributed by atoms with van der Waals surface area (Å²) in [6.07, 6.45) is 0.983. The zero-order chi connectivity index (χ0) is 19.0. The minimum atomic E-state index is -0.582. The molecule has 4 rings (SSSR count). The van der Waals surface area contributed by atoms with Crippen LogP contribution in [-0.2, 0) is 11.3 Å². The molecule has 1 atom stereocenters. The van der Waals surface area contributed by atoms with E-state index in [-0.39, 0.29) is 23.8 Å². The standard InChI is InChI=1S/C21H22FN3O2/c1-15-7-8-17(22)11-18(15)20(27)25-21(12-19(26)23-25)9-10-24(14-21)13-16-5-3-2-4-6-16/h2-8,11H,9-10,12-14H2,1H3,(H,23,26). The van der Waals surface area contributed by atoms with E-state index in [1.807, 2.05) is 18.2 Å². The van der Waals surface area contributed by atoms with Crippen LogP contribution in [0.2, 0.25) is 0 Å². The van der Waals surface area contributed by atoms with E-state index in [4.69, 9.17) is 0 Å². The van der Waals surface area contributed by atoms with Gasteiger partial charge in [-0.1, -0.05) is 36.4 Å². The Balaban J connectivity index is 1.57.